The van der Waals surface area contributed by atoms with Crippen molar-refractivity contribution < 1.29 is 4.79 Å². The summed E-state index contributed by atoms with van der Waals surface area (Å²) in [5.74, 6) is -0.292. The van der Waals surface area contributed by atoms with Crippen LogP contribution in [0, 0.1) is 0 Å². The number of amides is 1. The smallest absolute Gasteiger partial charge is 0.271 e. The maximum absolute atomic E-state index is 12.3. The fourth-order valence-corrected chi connectivity index (χ4v) is 2.67. The van der Waals surface area contributed by atoms with Crippen molar-refractivity contribution in [2.75, 3.05) is 6.54 Å². The van der Waals surface area contributed by atoms with Crippen molar-refractivity contribution in [3.05, 3.63) is 106 Å². The van der Waals surface area contributed by atoms with Crippen molar-refractivity contribution in [3.8, 4) is 0 Å². The van der Waals surface area contributed by atoms with Gasteiger partial charge in [0.1, 0.15) is 5.69 Å². The Bertz CT molecular complexity index is 976. The number of carbonyl (C=O) groups is 1. The summed E-state index contributed by atoms with van der Waals surface area (Å²) in [5.41, 5.74) is 3.13. The highest BCUT2D eigenvalue weighted by molar-refractivity contribution is 5.91. The summed E-state index contributed by atoms with van der Waals surface area (Å²) in [6.45, 7) is 4.55. The first-order valence-corrected chi connectivity index (χ1v) is 8.77. The molecule has 1 heterocycles. The minimum Gasteiger partial charge on any atom is -0.350 e. The van der Waals surface area contributed by atoms with Crippen LogP contribution >= 0.6 is 0 Å². The standard InChI is InChI=1S/C22H21N3O2/c1-2-17-8-10-18(11-9-17)14-15-23-22(27)20-12-13-21(26)25(24-20)16-19-6-4-3-5-7-19/h2-13H,1,14-16H2,(H,23,27). The molecule has 1 amide bonds. The third kappa shape index (κ3) is 5.01. The highest BCUT2D eigenvalue weighted by Crippen LogP contribution is 2.06. The fourth-order valence-electron chi connectivity index (χ4n) is 2.67. The normalized spacial score (nSPS) is 10.4. The molecule has 5 nitrogen and oxygen atoms in total. The Morgan fingerprint density at radius 3 is 2.44 bits per heavy atom. The second-order valence-corrected chi connectivity index (χ2v) is 6.15. The van der Waals surface area contributed by atoms with Crippen molar-refractivity contribution in [1.82, 2.24) is 15.1 Å². The van der Waals surface area contributed by atoms with Gasteiger partial charge in [-0.2, -0.15) is 5.10 Å². The van der Waals surface area contributed by atoms with Gasteiger partial charge in [0.15, 0.2) is 0 Å². The number of hydrogen-bond donors (Lipinski definition) is 1. The van der Waals surface area contributed by atoms with E-state index in [1.54, 1.807) is 6.08 Å². The minimum atomic E-state index is -0.292. The third-order valence-electron chi connectivity index (χ3n) is 4.19. The van der Waals surface area contributed by atoms with Crippen LogP contribution in [0.15, 0.2) is 78.1 Å². The Morgan fingerprint density at radius 2 is 1.74 bits per heavy atom. The van der Waals surface area contributed by atoms with Gasteiger partial charge in [-0.15, -0.1) is 0 Å². The second-order valence-electron chi connectivity index (χ2n) is 6.15. The van der Waals surface area contributed by atoms with Gasteiger partial charge in [0.25, 0.3) is 11.5 Å². The van der Waals surface area contributed by atoms with E-state index in [2.05, 4.69) is 17.0 Å². The van der Waals surface area contributed by atoms with E-state index in [9.17, 15) is 9.59 Å². The van der Waals surface area contributed by atoms with Crippen LogP contribution < -0.4 is 10.9 Å². The van der Waals surface area contributed by atoms with E-state index in [0.717, 1.165) is 16.7 Å². The second kappa shape index (κ2) is 8.76. The molecule has 0 bridgehead atoms. The van der Waals surface area contributed by atoms with Crippen molar-refractivity contribution >= 4 is 12.0 Å². The quantitative estimate of drug-likeness (QED) is 0.705. The lowest BCUT2D eigenvalue weighted by atomic mass is 10.1. The summed E-state index contributed by atoms with van der Waals surface area (Å²) in [7, 11) is 0. The Labute approximate surface area is 158 Å². The molecule has 27 heavy (non-hydrogen) atoms. The average molecular weight is 359 g/mol. The monoisotopic (exact) mass is 359 g/mol. The average Bonchev–Trinajstić information content (AvgIpc) is 2.71. The molecular weight excluding hydrogens is 338 g/mol. The molecule has 0 aliphatic heterocycles. The van der Waals surface area contributed by atoms with E-state index in [1.807, 2.05) is 54.6 Å². The SMILES string of the molecule is C=Cc1ccc(CCNC(=O)c2ccc(=O)n(Cc3ccccc3)n2)cc1. The molecule has 0 saturated carbocycles. The fraction of sp³-hybridized carbons (Fsp3) is 0.136. The van der Waals surface area contributed by atoms with E-state index in [4.69, 9.17) is 0 Å². The first-order chi connectivity index (χ1) is 13.2. The van der Waals surface area contributed by atoms with E-state index in [-0.39, 0.29) is 17.2 Å². The van der Waals surface area contributed by atoms with Crippen LogP contribution in [0.3, 0.4) is 0 Å². The van der Waals surface area contributed by atoms with Crippen molar-refractivity contribution in [3.63, 3.8) is 0 Å². The van der Waals surface area contributed by atoms with Crippen LogP contribution in [0.4, 0.5) is 0 Å². The zero-order valence-corrected chi connectivity index (χ0v) is 15.0. The van der Waals surface area contributed by atoms with Crippen molar-refractivity contribution in [1.29, 1.82) is 0 Å². The molecule has 0 spiro atoms. The molecule has 1 aromatic heterocycles. The van der Waals surface area contributed by atoms with Crippen molar-refractivity contribution in [2.24, 2.45) is 0 Å². The van der Waals surface area contributed by atoms with Gasteiger partial charge in [-0.1, -0.05) is 67.3 Å². The molecule has 0 fully saturated rings. The molecule has 5 heteroatoms. The lowest BCUT2D eigenvalue weighted by molar-refractivity contribution is 0.0946. The van der Waals surface area contributed by atoms with Crippen LogP contribution in [-0.4, -0.2) is 22.2 Å². The molecule has 0 aliphatic carbocycles. The van der Waals surface area contributed by atoms with Gasteiger partial charge in [-0.05, 0) is 29.2 Å². The Balaban J connectivity index is 1.61. The molecule has 0 radical (unpaired) electrons. The summed E-state index contributed by atoms with van der Waals surface area (Å²) in [6.07, 6.45) is 2.51. The number of nitrogens with one attached hydrogen (secondary N) is 1. The summed E-state index contributed by atoms with van der Waals surface area (Å²) in [6, 6.07) is 20.4. The number of carbonyl (C=O) groups excluding carboxylic acids is 1. The topological polar surface area (TPSA) is 64.0 Å². The molecule has 136 valence electrons. The van der Waals surface area contributed by atoms with Crippen LogP contribution in [-0.2, 0) is 13.0 Å². The van der Waals surface area contributed by atoms with Crippen LogP contribution in [0.1, 0.15) is 27.2 Å². The lowest BCUT2D eigenvalue weighted by Gasteiger charge is -2.08. The molecular formula is C22H21N3O2. The van der Waals surface area contributed by atoms with Crippen LogP contribution in [0.25, 0.3) is 6.08 Å². The number of benzene rings is 2. The molecule has 3 aromatic rings. The van der Waals surface area contributed by atoms with Crippen LogP contribution in [0.5, 0.6) is 0 Å². The van der Waals surface area contributed by atoms with Gasteiger partial charge in [0, 0.05) is 12.6 Å². The molecule has 0 saturated heterocycles. The molecule has 0 atom stereocenters. The van der Waals surface area contributed by atoms with Gasteiger partial charge in [0.05, 0.1) is 6.54 Å². The van der Waals surface area contributed by atoms with Gasteiger partial charge in [-0.25, -0.2) is 4.68 Å². The minimum absolute atomic E-state index is 0.229. The number of nitrogens with zero attached hydrogens (tertiary/aromatic N) is 2. The Kier molecular flexibility index (Phi) is 5.94. The zero-order chi connectivity index (χ0) is 19.1. The van der Waals surface area contributed by atoms with Gasteiger partial charge < -0.3 is 5.32 Å². The van der Waals surface area contributed by atoms with Gasteiger partial charge in [-0.3, -0.25) is 9.59 Å². The Hall–Kier alpha value is -3.47. The summed E-state index contributed by atoms with van der Waals surface area (Å²) >= 11 is 0. The molecule has 0 aliphatic rings. The van der Waals surface area contributed by atoms with E-state index < -0.39 is 0 Å². The number of hydrogen-bond acceptors (Lipinski definition) is 3. The first kappa shape index (κ1) is 18.3. The van der Waals surface area contributed by atoms with E-state index >= 15 is 0 Å². The largest absolute Gasteiger partial charge is 0.350 e. The van der Waals surface area contributed by atoms with E-state index in [0.29, 0.717) is 19.5 Å². The highest BCUT2D eigenvalue weighted by Gasteiger charge is 2.09. The van der Waals surface area contributed by atoms with Crippen molar-refractivity contribution in [2.45, 2.75) is 13.0 Å². The van der Waals surface area contributed by atoms with Gasteiger partial charge in [0.2, 0.25) is 0 Å². The molecule has 0 unspecified atom stereocenters. The predicted molar refractivity (Wildman–Crippen MR) is 107 cm³/mol. The zero-order valence-electron chi connectivity index (χ0n) is 15.0. The van der Waals surface area contributed by atoms with Crippen LogP contribution in [0.2, 0.25) is 0 Å². The number of rotatable bonds is 7. The maximum Gasteiger partial charge on any atom is 0.271 e. The summed E-state index contributed by atoms with van der Waals surface area (Å²) in [5, 5.41) is 7.05. The number of aromatic nitrogens is 2. The molecule has 3 rings (SSSR count). The third-order valence-corrected chi connectivity index (χ3v) is 4.19. The highest BCUT2D eigenvalue weighted by atomic mass is 16.2. The molecule has 2 aromatic carbocycles. The summed E-state index contributed by atoms with van der Waals surface area (Å²) in [4.78, 5) is 24.4. The maximum atomic E-state index is 12.3. The van der Waals surface area contributed by atoms with E-state index in [1.165, 1.54) is 16.8 Å². The predicted octanol–water partition coefficient (Wildman–Crippen LogP) is 2.91. The lowest BCUT2D eigenvalue weighted by Crippen LogP contribution is -2.30. The van der Waals surface area contributed by atoms with Gasteiger partial charge >= 0.3 is 0 Å². The molecule has 1 N–H and O–H groups in total. The first-order valence-electron chi connectivity index (χ1n) is 8.77. The Morgan fingerprint density at radius 1 is 1.00 bits per heavy atom. The summed E-state index contributed by atoms with van der Waals surface area (Å²) < 4.78 is 1.30.